The van der Waals surface area contributed by atoms with E-state index in [2.05, 4.69) is 15.3 Å². The molecular formula is C13H13N5. The third-order valence-electron chi connectivity index (χ3n) is 2.81. The van der Waals surface area contributed by atoms with Gasteiger partial charge in [-0.2, -0.15) is 0 Å². The fourth-order valence-corrected chi connectivity index (χ4v) is 1.97. The van der Waals surface area contributed by atoms with E-state index in [1.165, 1.54) is 0 Å². The second-order valence-corrected chi connectivity index (χ2v) is 4.04. The average molecular weight is 239 g/mol. The van der Waals surface area contributed by atoms with Crippen LogP contribution in [0, 0.1) is 0 Å². The van der Waals surface area contributed by atoms with Gasteiger partial charge in [0.2, 0.25) is 0 Å². The maximum absolute atomic E-state index is 5.51. The lowest BCUT2D eigenvalue weighted by Crippen LogP contribution is -2.02. The van der Waals surface area contributed by atoms with Crippen LogP contribution in [0.3, 0.4) is 0 Å². The molecule has 1 aromatic carbocycles. The molecule has 18 heavy (non-hydrogen) atoms. The van der Waals surface area contributed by atoms with Gasteiger partial charge in [-0.05, 0) is 30.8 Å². The molecule has 0 aliphatic heterocycles. The van der Waals surface area contributed by atoms with Gasteiger partial charge in [0.25, 0.3) is 0 Å². The van der Waals surface area contributed by atoms with Crippen LogP contribution in [0.4, 0.5) is 0 Å². The molecule has 0 saturated heterocycles. The SMILES string of the molecule is NCCc1cn(-c2cccc3ncccc23)nn1. The second kappa shape index (κ2) is 4.54. The van der Waals surface area contributed by atoms with E-state index in [-0.39, 0.29) is 0 Å². The van der Waals surface area contributed by atoms with Crippen LogP contribution < -0.4 is 5.73 Å². The Morgan fingerprint density at radius 1 is 1.17 bits per heavy atom. The number of nitrogens with zero attached hydrogens (tertiary/aromatic N) is 4. The first-order valence-electron chi connectivity index (χ1n) is 5.84. The average Bonchev–Trinajstić information content (AvgIpc) is 2.87. The molecule has 0 saturated carbocycles. The molecule has 3 rings (SSSR count). The molecule has 0 aliphatic carbocycles. The Morgan fingerprint density at radius 2 is 2.11 bits per heavy atom. The highest BCUT2D eigenvalue weighted by atomic mass is 15.4. The van der Waals surface area contributed by atoms with Crippen LogP contribution in [0.15, 0.2) is 42.7 Å². The molecule has 0 unspecified atom stereocenters. The van der Waals surface area contributed by atoms with Gasteiger partial charge in [0.1, 0.15) is 0 Å². The fourth-order valence-electron chi connectivity index (χ4n) is 1.97. The first-order chi connectivity index (χ1) is 8.88. The van der Waals surface area contributed by atoms with Crippen LogP contribution in [0.25, 0.3) is 16.6 Å². The summed E-state index contributed by atoms with van der Waals surface area (Å²) in [6.07, 6.45) is 4.44. The second-order valence-electron chi connectivity index (χ2n) is 4.04. The zero-order chi connectivity index (χ0) is 12.4. The number of rotatable bonds is 3. The maximum atomic E-state index is 5.51. The quantitative estimate of drug-likeness (QED) is 0.748. The zero-order valence-electron chi connectivity index (χ0n) is 9.82. The Kier molecular flexibility index (Phi) is 2.74. The molecule has 0 radical (unpaired) electrons. The highest BCUT2D eigenvalue weighted by Gasteiger charge is 2.06. The van der Waals surface area contributed by atoms with E-state index in [0.29, 0.717) is 6.54 Å². The van der Waals surface area contributed by atoms with Crippen LogP contribution in [0.2, 0.25) is 0 Å². The van der Waals surface area contributed by atoms with Crippen molar-refractivity contribution in [2.45, 2.75) is 6.42 Å². The Balaban J connectivity index is 2.12. The first kappa shape index (κ1) is 10.9. The van der Waals surface area contributed by atoms with Gasteiger partial charge in [-0.3, -0.25) is 4.98 Å². The molecular weight excluding hydrogens is 226 g/mol. The van der Waals surface area contributed by atoms with Gasteiger partial charge in [0, 0.05) is 18.0 Å². The summed E-state index contributed by atoms with van der Waals surface area (Å²) in [6, 6.07) is 9.90. The molecule has 90 valence electrons. The molecule has 0 bridgehead atoms. The van der Waals surface area contributed by atoms with Crippen molar-refractivity contribution >= 4 is 10.9 Å². The lowest BCUT2D eigenvalue weighted by atomic mass is 10.2. The predicted octanol–water partition coefficient (Wildman–Crippen LogP) is 1.32. The molecule has 5 heteroatoms. The molecule has 3 aromatic rings. The minimum atomic E-state index is 0.579. The minimum absolute atomic E-state index is 0.579. The molecule has 2 heterocycles. The smallest absolute Gasteiger partial charge is 0.0844 e. The lowest BCUT2D eigenvalue weighted by molar-refractivity contribution is 0.799. The Labute approximate surface area is 104 Å². The summed E-state index contributed by atoms with van der Waals surface area (Å²) in [6.45, 7) is 0.579. The van der Waals surface area contributed by atoms with Crippen LogP contribution in [-0.2, 0) is 6.42 Å². The first-order valence-corrected chi connectivity index (χ1v) is 5.84. The topological polar surface area (TPSA) is 69.6 Å². The van der Waals surface area contributed by atoms with E-state index in [9.17, 15) is 0 Å². The minimum Gasteiger partial charge on any atom is -0.330 e. The van der Waals surface area contributed by atoms with Gasteiger partial charge in [-0.25, -0.2) is 4.68 Å². The summed E-state index contributed by atoms with van der Waals surface area (Å²) in [5, 5.41) is 9.30. The summed E-state index contributed by atoms with van der Waals surface area (Å²) in [4.78, 5) is 4.33. The maximum Gasteiger partial charge on any atom is 0.0844 e. The van der Waals surface area contributed by atoms with Gasteiger partial charge >= 0.3 is 0 Å². The van der Waals surface area contributed by atoms with E-state index in [0.717, 1.165) is 28.7 Å². The highest BCUT2D eigenvalue weighted by Crippen LogP contribution is 2.19. The predicted molar refractivity (Wildman–Crippen MR) is 69.4 cm³/mol. The van der Waals surface area contributed by atoms with E-state index >= 15 is 0 Å². The largest absolute Gasteiger partial charge is 0.330 e. The van der Waals surface area contributed by atoms with Gasteiger partial charge in [-0.1, -0.05) is 11.3 Å². The molecule has 0 atom stereocenters. The number of aromatic nitrogens is 4. The van der Waals surface area contributed by atoms with Crippen molar-refractivity contribution in [2.24, 2.45) is 5.73 Å². The molecule has 5 nitrogen and oxygen atoms in total. The Hall–Kier alpha value is -2.27. The standard InChI is InChI=1S/C13H13N5/c14-7-6-10-9-18(17-16-10)13-5-1-4-12-11(13)3-2-8-15-12/h1-5,8-9H,6-7,14H2. The van der Waals surface area contributed by atoms with Crippen molar-refractivity contribution < 1.29 is 0 Å². The number of nitrogens with two attached hydrogens (primary N) is 1. The molecule has 2 aromatic heterocycles. The van der Waals surface area contributed by atoms with Crippen LogP contribution in [-0.4, -0.2) is 26.5 Å². The molecule has 0 aliphatic rings. The molecule has 0 fully saturated rings. The molecule has 2 N–H and O–H groups in total. The van der Waals surface area contributed by atoms with Gasteiger partial charge < -0.3 is 5.73 Å². The lowest BCUT2D eigenvalue weighted by Gasteiger charge is -2.04. The van der Waals surface area contributed by atoms with Crippen molar-refractivity contribution in [3.63, 3.8) is 0 Å². The highest BCUT2D eigenvalue weighted by molar-refractivity contribution is 5.86. The van der Waals surface area contributed by atoms with E-state index in [4.69, 9.17) is 5.73 Å². The molecule has 0 spiro atoms. The van der Waals surface area contributed by atoms with E-state index in [1.807, 2.05) is 36.5 Å². The summed E-state index contributed by atoms with van der Waals surface area (Å²) in [7, 11) is 0. The van der Waals surface area contributed by atoms with Gasteiger partial charge in [-0.15, -0.1) is 5.10 Å². The van der Waals surface area contributed by atoms with Crippen molar-refractivity contribution in [3.8, 4) is 5.69 Å². The van der Waals surface area contributed by atoms with Crippen molar-refractivity contribution in [1.29, 1.82) is 0 Å². The summed E-state index contributed by atoms with van der Waals surface area (Å²) < 4.78 is 1.77. The molecule has 0 amide bonds. The summed E-state index contributed by atoms with van der Waals surface area (Å²) in [5.74, 6) is 0. The normalized spacial score (nSPS) is 10.9. The summed E-state index contributed by atoms with van der Waals surface area (Å²) >= 11 is 0. The third-order valence-corrected chi connectivity index (χ3v) is 2.81. The zero-order valence-corrected chi connectivity index (χ0v) is 9.82. The third kappa shape index (κ3) is 1.84. The van der Waals surface area contributed by atoms with Crippen LogP contribution >= 0.6 is 0 Å². The number of hydrogen-bond acceptors (Lipinski definition) is 4. The van der Waals surface area contributed by atoms with Crippen molar-refractivity contribution in [1.82, 2.24) is 20.0 Å². The Bertz CT molecular complexity index is 668. The van der Waals surface area contributed by atoms with Gasteiger partial charge in [0.15, 0.2) is 0 Å². The fraction of sp³-hybridized carbons (Fsp3) is 0.154. The van der Waals surface area contributed by atoms with Crippen molar-refractivity contribution in [2.75, 3.05) is 6.54 Å². The monoisotopic (exact) mass is 239 g/mol. The van der Waals surface area contributed by atoms with E-state index in [1.54, 1.807) is 10.9 Å². The van der Waals surface area contributed by atoms with Crippen molar-refractivity contribution in [3.05, 3.63) is 48.4 Å². The number of benzene rings is 1. The van der Waals surface area contributed by atoms with Crippen LogP contribution in [0.1, 0.15) is 5.69 Å². The van der Waals surface area contributed by atoms with E-state index < -0.39 is 0 Å². The number of hydrogen-bond donors (Lipinski definition) is 1. The number of pyridine rings is 1. The summed E-state index contributed by atoms with van der Waals surface area (Å²) in [5.41, 5.74) is 8.35. The number of fused-ring (bicyclic) bond motifs is 1. The van der Waals surface area contributed by atoms with Gasteiger partial charge in [0.05, 0.1) is 23.1 Å². The van der Waals surface area contributed by atoms with Crippen LogP contribution in [0.5, 0.6) is 0 Å². The Morgan fingerprint density at radius 3 is 3.00 bits per heavy atom.